The van der Waals surface area contributed by atoms with Gasteiger partial charge in [-0.25, -0.2) is 4.79 Å². The van der Waals surface area contributed by atoms with Crippen LogP contribution in [0.5, 0.6) is 0 Å². The molecule has 0 unspecified atom stereocenters. The van der Waals surface area contributed by atoms with Gasteiger partial charge in [-0.2, -0.15) is 0 Å². The fourth-order valence-corrected chi connectivity index (χ4v) is 4.00. The molecule has 144 valence electrons. The van der Waals surface area contributed by atoms with Crippen LogP contribution in [0.2, 0.25) is 0 Å². The van der Waals surface area contributed by atoms with Crippen molar-refractivity contribution in [2.45, 2.75) is 33.6 Å². The third-order valence-electron chi connectivity index (χ3n) is 4.78. The van der Waals surface area contributed by atoms with E-state index in [1.807, 2.05) is 37.8 Å². The molecule has 0 bridgehead atoms. The second kappa shape index (κ2) is 8.47. The third-order valence-corrected chi connectivity index (χ3v) is 5.59. The van der Waals surface area contributed by atoms with Gasteiger partial charge in [0, 0.05) is 25.3 Å². The van der Waals surface area contributed by atoms with E-state index in [1.54, 1.807) is 0 Å². The van der Waals surface area contributed by atoms with Crippen molar-refractivity contribution in [1.29, 1.82) is 0 Å². The summed E-state index contributed by atoms with van der Waals surface area (Å²) in [6, 6.07) is 5.78. The molecule has 3 amide bonds. The summed E-state index contributed by atoms with van der Waals surface area (Å²) in [5, 5.41) is 9.74. The molecule has 0 atom stereocenters. The van der Waals surface area contributed by atoms with E-state index < -0.39 is 0 Å². The number of nitrogens with one attached hydrogen (secondary N) is 2. The number of anilines is 1. The molecule has 1 aromatic heterocycles. The number of nitrogens with zero attached hydrogens (tertiary/aromatic N) is 3. The molecule has 1 aliphatic rings. The minimum Gasteiger partial charge on any atom is -0.338 e. The highest BCUT2D eigenvalue weighted by Gasteiger charge is 2.26. The zero-order valence-electron chi connectivity index (χ0n) is 15.9. The van der Waals surface area contributed by atoms with Crippen LogP contribution in [-0.2, 0) is 0 Å². The Hall–Kier alpha value is -2.48. The van der Waals surface area contributed by atoms with E-state index in [0.717, 1.165) is 41.2 Å². The van der Waals surface area contributed by atoms with Gasteiger partial charge in [-0.15, -0.1) is 5.10 Å². The average molecular weight is 388 g/mol. The Morgan fingerprint density at radius 1 is 1.15 bits per heavy atom. The molecule has 1 aliphatic heterocycles. The van der Waals surface area contributed by atoms with Gasteiger partial charge in [-0.1, -0.05) is 10.6 Å². The molecule has 0 aliphatic carbocycles. The molecule has 3 rings (SSSR count). The fourth-order valence-electron chi connectivity index (χ4n) is 3.37. The van der Waals surface area contributed by atoms with E-state index in [9.17, 15) is 9.59 Å². The number of aryl methyl sites for hydroxylation is 3. The average Bonchev–Trinajstić information content (AvgIpc) is 3.05. The van der Waals surface area contributed by atoms with E-state index >= 15 is 0 Å². The quantitative estimate of drug-likeness (QED) is 0.844. The number of hydrogen-bond acceptors (Lipinski definition) is 5. The van der Waals surface area contributed by atoms with Crippen LogP contribution >= 0.6 is 11.5 Å². The summed E-state index contributed by atoms with van der Waals surface area (Å²) in [7, 11) is 0. The maximum atomic E-state index is 12.5. The predicted octanol–water partition coefficient (Wildman–Crippen LogP) is 3.14. The summed E-state index contributed by atoms with van der Waals surface area (Å²) in [5.41, 5.74) is 3.73. The van der Waals surface area contributed by atoms with E-state index in [-0.39, 0.29) is 11.9 Å². The first-order valence-electron chi connectivity index (χ1n) is 9.13. The smallest absolute Gasteiger partial charge is 0.319 e. The van der Waals surface area contributed by atoms with E-state index in [1.165, 1.54) is 0 Å². The highest BCUT2D eigenvalue weighted by Crippen LogP contribution is 2.21. The topological polar surface area (TPSA) is 87.2 Å². The zero-order valence-corrected chi connectivity index (χ0v) is 16.7. The van der Waals surface area contributed by atoms with Crippen LogP contribution < -0.4 is 10.6 Å². The maximum absolute atomic E-state index is 12.5. The van der Waals surface area contributed by atoms with Gasteiger partial charge in [0.1, 0.15) is 4.88 Å². The normalized spacial score (nSPS) is 14.9. The molecule has 0 spiro atoms. The predicted molar refractivity (Wildman–Crippen MR) is 106 cm³/mol. The number of aromatic nitrogens is 2. The summed E-state index contributed by atoms with van der Waals surface area (Å²) in [5.74, 6) is 0.390. The van der Waals surface area contributed by atoms with Gasteiger partial charge in [0.15, 0.2) is 0 Å². The zero-order chi connectivity index (χ0) is 19.4. The van der Waals surface area contributed by atoms with E-state index in [0.29, 0.717) is 36.1 Å². The monoisotopic (exact) mass is 387 g/mol. The number of amides is 3. The second-order valence-corrected chi connectivity index (χ2v) is 7.89. The van der Waals surface area contributed by atoms with Crippen LogP contribution in [0, 0.1) is 26.7 Å². The lowest BCUT2D eigenvalue weighted by molar-refractivity contribution is 0.0694. The SMILES string of the molecule is Cc1cc(C)cc(NC(=O)NCC2CCN(C(=O)c3snnc3C)CC2)c1. The molecular weight excluding hydrogens is 362 g/mol. The Morgan fingerprint density at radius 3 is 2.41 bits per heavy atom. The number of carbonyl (C=O) groups is 2. The van der Waals surface area contributed by atoms with Crippen molar-refractivity contribution < 1.29 is 9.59 Å². The number of carbonyl (C=O) groups excluding carboxylic acids is 2. The highest BCUT2D eigenvalue weighted by atomic mass is 32.1. The van der Waals surface area contributed by atoms with Gasteiger partial charge in [-0.3, -0.25) is 4.79 Å². The van der Waals surface area contributed by atoms with Gasteiger partial charge in [0.25, 0.3) is 5.91 Å². The molecule has 0 saturated carbocycles. The molecule has 2 heterocycles. The number of piperidine rings is 1. The Kier molecular flexibility index (Phi) is 6.05. The third kappa shape index (κ3) is 5.03. The Balaban J connectivity index is 1.43. The largest absolute Gasteiger partial charge is 0.338 e. The standard InChI is InChI=1S/C19H25N5O2S/c1-12-8-13(2)10-16(9-12)21-19(26)20-11-15-4-6-24(7-5-15)18(25)17-14(3)22-23-27-17/h8-10,15H,4-7,11H2,1-3H3,(H2,20,21,26). The minimum absolute atomic E-state index is 0.0152. The van der Waals surface area contributed by atoms with Crippen LogP contribution in [-0.4, -0.2) is 46.1 Å². The second-order valence-electron chi connectivity index (χ2n) is 7.13. The molecule has 1 fully saturated rings. The van der Waals surface area contributed by atoms with Gasteiger partial charge in [0.05, 0.1) is 5.69 Å². The number of urea groups is 1. The van der Waals surface area contributed by atoms with Crippen LogP contribution in [0.15, 0.2) is 18.2 Å². The van der Waals surface area contributed by atoms with Crippen LogP contribution in [0.3, 0.4) is 0 Å². The van der Waals surface area contributed by atoms with E-state index in [4.69, 9.17) is 0 Å². The lowest BCUT2D eigenvalue weighted by atomic mass is 9.96. The molecule has 2 aromatic rings. The molecule has 8 heteroatoms. The van der Waals surface area contributed by atoms with Crippen LogP contribution in [0.25, 0.3) is 0 Å². The minimum atomic E-state index is -0.190. The Labute approximate surface area is 163 Å². The number of likely N-dealkylation sites (tertiary alicyclic amines) is 1. The first-order chi connectivity index (χ1) is 12.9. The molecule has 1 saturated heterocycles. The van der Waals surface area contributed by atoms with Crippen molar-refractivity contribution in [3.05, 3.63) is 39.9 Å². The molecule has 1 aromatic carbocycles. The highest BCUT2D eigenvalue weighted by molar-refractivity contribution is 7.07. The van der Waals surface area contributed by atoms with Gasteiger partial charge in [-0.05, 0) is 74.3 Å². The first kappa shape index (κ1) is 19.3. The fraction of sp³-hybridized carbons (Fsp3) is 0.474. The summed E-state index contributed by atoms with van der Waals surface area (Å²) < 4.78 is 3.84. The molecule has 0 radical (unpaired) electrons. The van der Waals surface area contributed by atoms with Crippen molar-refractivity contribution in [1.82, 2.24) is 19.8 Å². The molecule has 27 heavy (non-hydrogen) atoms. The molecular formula is C19H25N5O2S. The maximum Gasteiger partial charge on any atom is 0.319 e. The molecule has 2 N–H and O–H groups in total. The number of hydrogen-bond donors (Lipinski definition) is 2. The Bertz CT molecular complexity index is 807. The van der Waals surface area contributed by atoms with Crippen LogP contribution in [0.1, 0.15) is 39.3 Å². The van der Waals surface area contributed by atoms with Crippen molar-refractivity contribution in [3.8, 4) is 0 Å². The summed E-state index contributed by atoms with van der Waals surface area (Å²) in [6.45, 7) is 7.83. The Morgan fingerprint density at radius 2 is 1.81 bits per heavy atom. The van der Waals surface area contributed by atoms with Gasteiger partial charge < -0.3 is 15.5 Å². The lowest BCUT2D eigenvalue weighted by Crippen LogP contribution is -2.42. The summed E-state index contributed by atoms with van der Waals surface area (Å²) in [4.78, 5) is 27.1. The summed E-state index contributed by atoms with van der Waals surface area (Å²) in [6.07, 6.45) is 1.75. The lowest BCUT2D eigenvalue weighted by Gasteiger charge is -2.31. The van der Waals surface area contributed by atoms with Crippen molar-refractivity contribution in [3.63, 3.8) is 0 Å². The van der Waals surface area contributed by atoms with Crippen molar-refractivity contribution in [2.75, 3.05) is 25.0 Å². The summed E-state index contributed by atoms with van der Waals surface area (Å²) >= 11 is 1.15. The number of rotatable bonds is 4. The first-order valence-corrected chi connectivity index (χ1v) is 9.91. The van der Waals surface area contributed by atoms with E-state index in [2.05, 4.69) is 26.3 Å². The van der Waals surface area contributed by atoms with Crippen molar-refractivity contribution in [2.24, 2.45) is 5.92 Å². The molecule has 7 nitrogen and oxygen atoms in total. The van der Waals surface area contributed by atoms with Crippen molar-refractivity contribution >= 4 is 29.2 Å². The number of benzene rings is 1. The van der Waals surface area contributed by atoms with Crippen LogP contribution in [0.4, 0.5) is 10.5 Å². The van der Waals surface area contributed by atoms with Gasteiger partial charge >= 0.3 is 6.03 Å². The van der Waals surface area contributed by atoms with Gasteiger partial charge in [0.2, 0.25) is 0 Å².